The van der Waals surface area contributed by atoms with Crippen molar-refractivity contribution in [2.24, 2.45) is 0 Å². The van der Waals surface area contributed by atoms with Gasteiger partial charge in [-0.3, -0.25) is 9.69 Å². The molecule has 0 atom stereocenters. The number of hydrogen-bond donors (Lipinski definition) is 1. The van der Waals surface area contributed by atoms with Crippen LogP contribution < -0.4 is 14.8 Å². The van der Waals surface area contributed by atoms with Crippen molar-refractivity contribution in [1.82, 2.24) is 14.5 Å². The lowest BCUT2D eigenvalue weighted by Gasteiger charge is -2.32. The SMILES string of the molecule is CCOC(=O)c1ccc(S(=O)(=O)N2CCN(CC(=O)NCc3ccc(OC)c(OC)c3)CC2)o1. The van der Waals surface area contributed by atoms with Crippen LogP contribution in [0.25, 0.3) is 0 Å². The molecule has 1 aliphatic heterocycles. The summed E-state index contributed by atoms with van der Waals surface area (Å²) in [6, 6.07) is 7.94. The molecule has 11 nitrogen and oxygen atoms in total. The number of carbonyl (C=O) groups is 2. The van der Waals surface area contributed by atoms with Crippen molar-refractivity contribution in [2.45, 2.75) is 18.6 Å². The Morgan fingerprint density at radius 2 is 1.74 bits per heavy atom. The Bertz CT molecular complexity index is 1110. The lowest BCUT2D eigenvalue weighted by Crippen LogP contribution is -2.50. The van der Waals surface area contributed by atoms with E-state index in [2.05, 4.69) is 5.32 Å². The first-order valence-corrected chi connectivity index (χ1v) is 12.2. The number of esters is 1. The molecule has 0 unspecified atom stereocenters. The standard InChI is InChI=1S/C22H29N3O8S/c1-4-32-22(27)18-7-8-21(33-18)34(28,29)25-11-9-24(10-12-25)15-20(26)23-14-16-5-6-17(30-2)19(13-16)31-3/h5-8,13H,4,9-12,14-15H2,1-3H3,(H,23,26). The summed E-state index contributed by atoms with van der Waals surface area (Å²) >= 11 is 0. The number of hydrogen-bond acceptors (Lipinski definition) is 9. The highest BCUT2D eigenvalue weighted by Gasteiger charge is 2.32. The van der Waals surface area contributed by atoms with Gasteiger partial charge in [0.25, 0.3) is 10.0 Å². The van der Waals surface area contributed by atoms with Gasteiger partial charge in [-0.2, -0.15) is 4.31 Å². The van der Waals surface area contributed by atoms with E-state index in [4.69, 9.17) is 18.6 Å². The maximum atomic E-state index is 12.8. The van der Waals surface area contributed by atoms with Gasteiger partial charge in [0.2, 0.25) is 16.8 Å². The molecule has 1 aliphatic rings. The van der Waals surface area contributed by atoms with Crippen molar-refractivity contribution in [1.29, 1.82) is 0 Å². The van der Waals surface area contributed by atoms with Crippen molar-refractivity contribution in [2.75, 3.05) is 53.6 Å². The van der Waals surface area contributed by atoms with Gasteiger partial charge < -0.3 is 23.9 Å². The Morgan fingerprint density at radius 3 is 2.38 bits per heavy atom. The van der Waals surface area contributed by atoms with E-state index < -0.39 is 16.0 Å². The Kier molecular flexibility index (Phi) is 8.53. The lowest BCUT2D eigenvalue weighted by atomic mass is 10.2. The highest BCUT2D eigenvalue weighted by atomic mass is 32.2. The molecule has 0 aliphatic carbocycles. The summed E-state index contributed by atoms with van der Waals surface area (Å²) in [6.45, 7) is 3.44. The minimum Gasteiger partial charge on any atom is -0.493 e. The van der Waals surface area contributed by atoms with Gasteiger partial charge in [0, 0.05) is 32.7 Å². The molecule has 0 saturated carbocycles. The van der Waals surface area contributed by atoms with Crippen molar-refractivity contribution in [3.05, 3.63) is 41.7 Å². The summed E-state index contributed by atoms with van der Waals surface area (Å²) in [5.74, 6) is 0.142. The second-order valence-electron chi connectivity index (χ2n) is 7.49. The Labute approximate surface area is 198 Å². The fourth-order valence-corrected chi connectivity index (χ4v) is 4.81. The van der Waals surface area contributed by atoms with Crippen LogP contribution in [0.1, 0.15) is 23.0 Å². The van der Waals surface area contributed by atoms with Crippen LogP contribution in [-0.2, 0) is 26.1 Å². The third kappa shape index (κ3) is 6.07. The number of nitrogens with zero attached hydrogens (tertiary/aromatic N) is 2. The lowest BCUT2D eigenvalue weighted by molar-refractivity contribution is -0.122. The average Bonchev–Trinajstić information content (AvgIpc) is 3.34. The number of piperazine rings is 1. The Morgan fingerprint density at radius 1 is 1.03 bits per heavy atom. The topological polar surface area (TPSA) is 128 Å². The fraction of sp³-hybridized carbons (Fsp3) is 0.455. The molecule has 0 bridgehead atoms. The average molecular weight is 496 g/mol. The van der Waals surface area contributed by atoms with E-state index in [1.54, 1.807) is 33.3 Å². The first-order chi connectivity index (χ1) is 16.3. The molecule has 0 spiro atoms. The van der Waals surface area contributed by atoms with Crippen molar-refractivity contribution in [3.8, 4) is 11.5 Å². The van der Waals surface area contributed by atoms with E-state index in [0.717, 1.165) is 5.56 Å². The Balaban J connectivity index is 1.49. The smallest absolute Gasteiger partial charge is 0.374 e. The number of benzene rings is 1. The summed E-state index contributed by atoms with van der Waals surface area (Å²) in [6.07, 6.45) is 0. The van der Waals surface area contributed by atoms with E-state index in [1.165, 1.54) is 16.4 Å². The number of sulfonamides is 1. The van der Waals surface area contributed by atoms with E-state index in [1.807, 2.05) is 11.0 Å². The maximum Gasteiger partial charge on any atom is 0.374 e. The molecule has 1 saturated heterocycles. The fourth-order valence-electron chi connectivity index (χ4n) is 3.48. The normalized spacial score (nSPS) is 15.0. The van der Waals surface area contributed by atoms with E-state index >= 15 is 0 Å². The maximum absolute atomic E-state index is 12.8. The van der Waals surface area contributed by atoms with Gasteiger partial charge in [0.15, 0.2) is 11.5 Å². The van der Waals surface area contributed by atoms with E-state index in [-0.39, 0.29) is 43.0 Å². The van der Waals surface area contributed by atoms with Gasteiger partial charge in [-0.05, 0) is 36.8 Å². The van der Waals surface area contributed by atoms with Crippen LogP contribution in [0.2, 0.25) is 0 Å². The molecule has 2 heterocycles. The molecule has 3 rings (SSSR count). The van der Waals surface area contributed by atoms with Crippen LogP contribution in [-0.4, -0.2) is 83.0 Å². The zero-order valence-corrected chi connectivity index (χ0v) is 20.2. The first-order valence-electron chi connectivity index (χ1n) is 10.8. The van der Waals surface area contributed by atoms with Crippen LogP contribution in [0.4, 0.5) is 0 Å². The molecule has 0 radical (unpaired) electrons. The van der Waals surface area contributed by atoms with Crippen LogP contribution >= 0.6 is 0 Å². The third-order valence-corrected chi connectivity index (χ3v) is 7.06. The molecule has 1 aromatic heterocycles. The van der Waals surface area contributed by atoms with Gasteiger partial charge in [0.05, 0.1) is 27.4 Å². The molecular weight excluding hydrogens is 466 g/mol. The third-order valence-electron chi connectivity index (χ3n) is 5.29. The van der Waals surface area contributed by atoms with Crippen LogP contribution in [0.15, 0.2) is 39.8 Å². The van der Waals surface area contributed by atoms with Crippen LogP contribution in [0.5, 0.6) is 11.5 Å². The summed E-state index contributed by atoms with van der Waals surface area (Å²) in [5.41, 5.74) is 0.863. The summed E-state index contributed by atoms with van der Waals surface area (Å²) < 4.78 is 47.5. The van der Waals surface area contributed by atoms with Crippen LogP contribution in [0, 0.1) is 0 Å². The number of furan rings is 1. The Hall–Kier alpha value is -3.09. The van der Waals surface area contributed by atoms with Crippen LogP contribution in [0.3, 0.4) is 0 Å². The highest BCUT2D eigenvalue weighted by molar-refractivity contribution is 7.89. The van der Waals surface area contributed by atoms with Crippen molar-refractivity contribution >= 4 is 21.9 Å². The van der Waals surface area contributed by atoms with E-state index in [0.29, 0.717) is 31.1 Å². The number of carbonyl (C=O) groups excluding carboxylic acids is 2. The number of rotatable bonds is 10. The van der Waals surface area contributed by atoms with Gasteiger partial charge in [0.1, 0.15) is 0 Å². The van der Waals surface area contributed by atoms with Gasteiger partial charge in [-0.1, -0.05) is 6.07 Å². The second kappa shape index (κ2) is 11.4. The molecular formula is C22H29N3O8S. The first kappa shape index (κ1) is 25.5. The van der Waals surface area contributed by atoms with Crippen molar-refractivity contribution in [3.63, 3.8) is 0 Å². The number of methoxy groups -OCH3 is 2. The molecule has 1 N–H and O–H groups in total. The van der Waals surface area contributed by atoms with Gasteiger partial charge >= 0.3 is 5.97 Å². The minimum absolute atomic E-state index is 0.148. The summed E-state index contributed by atoms with van der Waals surface area (Å²) in [4.78, 5) is 26.0. The molecule has 34 heavy (non-hydrogen) atoms. The van der Waals surface area contributed by atoms with Crippen molar-refractivity contribution < 1.29 is 36.6 Å². The number of amides is 1. The predicted octanol–water partition coefficient (Wildman–Crippen LogP) is 1.10. The molecule has 2 aromatic rings. The number of ether oxygens (including phenoxy) is 3. The number of nitrogens with one attached hydrogen (secondary N) is 1. The largest absolute Gasteiger partial charge is 0.493 e. The molecule has 12 heteroatoms. The second-order valence-corrected chi connectivity index (χ2v) is 9.35. The zero-order chi connectivity index (χ0) is 24.7. The van der Waals surface area contributed by atoms with E-state index in [9.17, 15) is 18.0 Å². The molecule has 1 amide bonds. The molecule has 1 aromatic carbocycles. The van der Waals surface area contributed by atoms with Gasteiger partial charge in [-0.25, -0.2) is 13.2 Å². The summed E-state index contributed by atoms with van der Waals surface area (Å²) in [5, 5.41) is 2.55. The monoisotopic (exact) mass is 495 g/mol. The predicted molar refractivity (Wildman–Crippen MR) is 121 cm³/mol. The quantitative estimate of drug-likeness (QED) is 0.482. The zero-order valence-electron chi connectivity index (χ0n) is 19.4. The summed E-state index contributed by atoms with van der Waals surface area (Å²) in [7, 11) is -0.789. The molecule has 186 valence electrons. The highest BCUT2D eigenvalue weighted by Crippen LogP contribution is 2.27. The minimum atomic E-state index is -3.89. The molecule has 1 fully saturated rings. The van der Waals surface area contributed by atoms with Gasteiger partial charge in [-0.15, -0.1) is 0 Å².